The Morgan fingerprint density at radius 3 is 2.83 bits per heavy atom. The number of pyridine rings is 1. The minimum atomic E-state index is -0.939. The monoisotopic (exact) mass is 312 g/mol. The topological polar surface area (TPSA) is 70.5 Å². The highest BCUT2D eigenvalue weighted by Crippen LogP contribution is 2.20. The molecule has 1 aromatic rings. The van der Waals surface area contributed by atoms with Crippen molar-refractivity contribution in [3.05, 3.63) is 28.5 Å². The lowest BCUT2D eigenvalue weighted by molar-refractivity contribution is -0.143. The molecular weight excluding hydrogens is 300 g/mol. The van der Waals surface area contributed by atoms with Gasteiger partial charge in [-0.2, -0.15) is 0 Å². The predicted molar refractivity (Wildman–Crippen MR) is 68.2 cm³/mol. The molecule has 0 aromatic carbocycles. The fourth-order valence-electron chi connectivity index (χ4n) is 2.13. The van der Waals surface area contributed by atoms with Crippen molar-refractivity contribution in [3.8, 4) is 0 Å². The first-order chi connectivity index (χ1) is 8.59. The van der Waals surface area contributed by atoms with Gasteiger partial charge >= 0.3 is 5.97 Å². The second-order valence-corrected chi connectivity index (χ2v) is 5.16. The normalized spacial score (nSPS) is 19.6. The van der Waals surface area contributed by atoms with Crippen LogP contribution in [-0.2, 0) is 4.79 Å². The molecule has 1 N–H and O–H groups in total. The molecule has 6 heteroatoms. The van der Waals surface area contributed by atoms with Crippen LogP contribution in [0.5, 0.6) is 0 Å². The standard InChI is InChI=1S/C12H13BrN2O3/c13-9-5-8(6-14-7-9)11(16)15-4-2-1-3-10(15)12(17)18/h5-7,10H,1-4H2,(H,17,18)/t10-/m0/s1. The number of hydrogen-bond donors (Lipinski definition) is 1. The number of nitrogens with zero attached hydrogens (tertiary/aromatic N) is 2. The van der Waals surface area contributed by atoms with E-state index in [1.807, 2.05) is 0 Å². The summed E-state index contributed by atoms with van der Waals surface area (Å²) in [6.07, 6.45) is 5.25. The number of aliphatic carboxylic acids is 1. The van der Waals surface area contributed by atoms with E-state index in [1.54, 1.807) is 12.3 Å². The molecule has 5 nitrogen and oxygen atoms in total. The van der Waals surface area contributed by atoms with Crippen LogP contribution in [0.3, 0.4) is 0 Å². The molecule has 0 saturated carbocycles. The van der Waals surface area contributed by atoms with Crippen molar-refractivity contribution in [2.45, 2.75) is 25.3 Å². The molecule has 18 heavy (non-hydrogen) atoms. The van der Waals surface area contributed by atoms with Crippen LogP contribution >= 0.6 is 15.9 Å². The third kappa shape index (κ3) is 2.69. The number of carboxylic acids is 1. The number of aromatic nitrogens is 1. The van der Waals surface area contributed by atoms with Gasteiger partial charge in [-0.3, -0.25) is 9.78 Å². The molecule has 0 bridgehead atoms. The van der Waals surface area contributed by atoms with E-state index in [9.17, 15) is 9.59 Å². The summed E-state index contributed by atoms with van der Waals surface area (Å²) in [5, 5.41) is 9.14. The van der Waals surface area contributed by atoms with Gasteiger partial charge in [-0.1, -0.05) is 0 Å². The number of carboxylic acid groups (broad SMARTS) is 1. The van der Waals surface area contributed by atoms with Gasteiger partial charge in [-0.05, 0) is 41.3 Å². The highest BCUT2D eigenvalue weighted by atomic mass is 79.9. The first-order valence-corrected chi connectivity index (χ1v) is 6.53. The summed E-state index contributed by atoms with van der Waals surface area (Å²) in [7, 11) is 0. The number of rotatable bonds is 2. The van der Waals surface area contributed by atoms with Gasteiger partial charge in [0.05, 0.1) is 5.56 Å². The molecule has 2 heterocycles. The van der Waals surface area contributed by atoms with Crippen molar-refractivity contribution in [2.75, 3.05) is 6.54 Å². The third-order valence-corrected chi connectivity index (χ3v) is 3.43. The molecule has 0 spiro atoms. The number of amides is 1. The maximum Gasteiger partial charge on any atom is 0.326 e. The first kappa shape index (κ1) is 13.0. The Morgan fingerprint density at radius 1 is 1.39 bits per heavy atom. The van der Waals surface area contributed by atoms with Gasteiger partial charge in [-0.25, -0.2) is 4.79 Å². The lowest BCUT2D eigenvalue weighted by Gasteiger charge is -2.32. The number of carbonyl (C=O) groups excluding carboxylic acids is 1. The largest absolute Gasteiger partial charge is 0.480 e. The Hall–Kier alpha value is -1.43. The van der Waals surface area contributed by atoms with Gasteiger partial charge in [0.1, 0.15) is 6.04 Å². The molecule has 0 aliphatic carbocycles. The highest BCUT2D eigenvalue weighted by molar-refractivity contribution is 9.10. The van der Waals surface area contributed by atoms with Gasteiger partial charge in [0, 0.05) is 23.4 Å². The predicted octanol–water partition coefficient (Wildman–Crippen LogP) is 1.92. The summed E-state index contributed by atoms with van der Waals surface area (Å²) < 4.78 is 0.706. The molecule has 2 rings (SSSR count). The Morgan fingerprint density at radius 2 is 2.17 bits per heavy atom. The molecule has 1 fully saturated rings. The smallest absolute Gasteiger partial charge is 0.326 e. The van der Waals surface area contributed by atoms with E-state index in [-0.39, 0.29) is 5.91 Å². The molecule has 0 unspecified atom stereocenters. The zero-order valence-electron chi connectivity index (χ0n) is 9.67. The van der Waals surface area contributed by atoms with Crippen LogP contribution in [-0.4, -0.2) is 39.5 Å². The fourth-order valence-corrected chi connectivity index (χ4v) is 2.49. The summed E-state index contributed by atoms with van der Waals surface area (Å²) in [5.74, 6) is -1.21. The zero-order chi connectivity index (χ0) is 13.1. The molecule has 96 valence electrons. The summed E-state index contributed by atoms with van der Waals surface area (Å²) in [6.45, 7) is 0.488. The molecule has 1 aromatic heterocycles. The number of carbonyl (C=O) groups is 2. The summed E-state index contributed by atoms with van der Waals surface area (Å²) in [6, 6.07) is 0.938. The Labute approximate surface area is 113 Å². The average molecular weight is 313 g/mol. The Kier molecular flexibility index (Phi) is 3.96. The van der Waals surface area contributed by atoms with Crippen LogP contribution in [0.4, 0.5) is 0 Å². The van der Waals surface area contributed by atoms with Crippen LogP contribution in [0.2, 0.25) is 0 Å². The molecule has 1 amide bonds. The zero-order valence-corrected chi connectivity index (χ0v) is 11.3. The average Bonchev–Trinajstić information content (AvgIpc) is 2.38. The van der Waals surface area contributed by atoms with Gasteiger partial charge in [0.2, 0.25) is 0 Å². The Balaban J connectivity index is 2.23. The fraction of sp³-hybridized carbons (Fsp3) is 0.417. The number of piperidine rings is 1. The van der Waals surface area contributed by atoms with Crippen LogP contribution in [0, 0.1) is 0 Å². The van der Waals surface area contributed by atoms with Crippen molar-refractivity contribution in [1.29, 1.82) is 0 Å². The molecule has 1 aliphatic heterocycles. The van der Waals surface area contributed by atoms with Crippen molar-refractivity contribution < 1.29 is 14.7 Å². The van der Waals surface area contributed by atoms with E-state index < -0.39 is 12.0 Å². The Bertz CT molecular complexity index is 478. The van der Waals surface area contributed by atoms with Crippen molar-refractivity contribution in [3.63, 3.8) is 0 Å². The third-order valence-electron chi connectivity index (χ3n) is 3.00. The second-order valence-electron chi connectivity index (χ2n) is 4.24. The van der Waals surface area contributed by atoms with Crippen molar-refractivity contribution >= 4 is 27.8 Å². The summed E-state index contributed by atoms with van der Waals surface area (Å²) in [4.78, 5) is 28.8. The van der Waals surface area contributed by atoms with E-state index in [1.165, 1.54) is 11.1 Å². The molecule has 1 saturated heterocycles. The van der Waals surface area contributed by atoms with Gasteiger partial charge < -0.3 is 10.0 Å². The second kappa shape index (κ2) is 5.48. The molecule has 0 radical (unpaired) electrons. The van der Waals surface area contributed by atoms with Crippen LogP contribution in [0.25, 0.3) is 0 Å². The summed E-state index contributed by atoms with van der Waals surface area (Å²) >= 11 is 3.25. The van der Waals surface area contributed by atoms with Gasteiger partial charge in [0.15, 0.2) is 0 Å². The first-order valence-electron chi connectivity index (χ1n) is 5.74. The SMILES string of the molecule is O=C(O)[C@@H]1CCCCN1C(=O)c1cncc(Br)c1. The van der Waals surface area contributed by atoms with E-state index in [4.69, 9.17) is 5.11 Å². The lowest BCUT2D eigenvalue weighted by Crippen LogP contribution is -2.48. The number of halogens is 1. The number of likely N-dealkylation sites (tertiary alicyclic amines) is 1. The van der Waals surface area contributed by atoms with Gasteiger partial charge in [0.25, 0.3) is 5.91 Å². The highest BCUT2D eigenvalue weighted by Gasteiger charge is 2.32. The van der Waals surface area contributed by atoms with E-state index in [0.29, 0.717) is 23.0 Å². The maximum atomic E-state index is 12.3. The van der Waals surface area contributed by atoms with Crippen LogP contribution in [0.1, 0.15) is 29.6 Å². The van der Waals surface area contributed by atoms with Gasteiger partial charge in [-0.15, -0.1) is 0 Å². The van der Waals surface area contributed by atoms with E-state index in [0.717, 1.165) is 12.8 Å². The minimum absolute atomic E-state index is 0.268. The van der Waals surface area contributed by atoms with Crippen LogP contribution in [0.15, 0.2) is 22.9 Å². The quantitative estimate of drug-likeness (QED) is 0.905. The van der Waals surface area contributed by atoms with Crippen LogP contribution < -0.4 is 0 Å². The molecule has 1 atom stereocenters. The summed E-state index contributed by atoms with van der Waals surface area (Å²) in [5.41, 5.74) is 0.414. The minimum Gasteiger partial charge on any atom is -0.480 e. The lowest BCUT2D eigenvalue weighted by atomic mass is 10.0. The maximum absolute atomic E-state index is 12.3. The van der Waals surface area contributed by atoms with Crippen molar-refractivity contribution in [2.24, 2.45) is 0 Å². The van der Waals surface area contributed by atoms with E-state index >= 15 is 0 Å². The number of hydrogen-bond acceptors (Lipinski definition) is 3. The molecule has 1 aliphatic rings. The van der Waals surface area contributed by atoms with E-state index in [2.05, 4.69) is 20.9 Å². The molecular formula is C12H13BrN2O3. The van der Waals surface area contributed by atoms with Crippen molar-refractivity contribution in [1.82, 2.24) is 9.88 Å².